The number of sulfonamides is 1. The smallest absolute Gasteiger partial charge is 0.409 e. The Morgan fingerprint density at radius 1 is 0.955 bits per heavy atom. The van der Waals surface area contributed by atoms with Crippen molar-refractivity contribution in [1.82, 2.24) is 4.90 Å². The number of aliphatic imine (C=N–C) groups is 1. The van der Waals surface area contributed by atoms with E-state index in [-0.39, 0.29) is 35.0 Å². The van der Waals surface area contributed by atoms with Gasteiger partial charge in [-0.3, -0.25) is 0 Å². The zero-order valence-corrected chi connectivity index (χ0v) is 24.9. The molecule has 5 N–H and O–H groups in total. The van der Waals surface area contributed by atoms with Crippen molar-refractivity contribution in [3.05, 3.63) is 114 Å². The summed E-state index contributed by atoms with van der Waals surface area (Å²) < 4.78 is 42.2. The van der Waals surface area contributed by atoms with Crippen LogP contribution in [0.4, 0.5) is 19.7 Å². The number of nitrogens with one attached hydrogen (secondary N) is 1. The zero-order chi connectivity index (χ0) is 31.9. The second-order valence-corrected chi connectivity index (χ2v) is 11.9. The second-order valence-electron chi connectivity index (χ2n) is 10.3. The largest absolute Gasteiger partial charge is 0.441 e. The van der Waals surface area contributed by atoms with Crippen molar-refractivity contribution in [2.24, 2.45) is 21.8 Å². The van der Waals surface area contributed by atoms with Gasteiger partial charge in [-0.1, -0.05) is 62.4 Å². The normalized spacial score (nSPS) is 11.7. The van der Waals surface area contributed by atoms with Gasteiger partial charge in [0.1, 0.15) is 17.4 Å². The van der Waals surface area contributed by atoms with E-state index in [1.54, 1.807) is 65.6 Å². The van der Waals surface area contributed by atoms with E-state index >= 15 is 0 Å². The first-order chi connectivity index (χ1) is 20.9. The molecule has 0 aliphatic rings. The number of hydrogen-bond acceptors (Lipinski definition) is 5. The fraction of sp³-hybridized carbons (Fsp3) is 0.156. The summed E-state index contributed by atoms with van der Waals surface area (Å²) >= 11 is 0. The van der Waals surface area contributed by atoms with Crippen molar-refractivity contribution >= 4 is 33.7 Å². The van der Waals surface area contributed by atoms with E-state index in [9.17, 15) is 22.4 Å². The van der Waals surface area contributed by atoms with Gasteiger partial charge >= 0.3 is 12.1 Å². The number of urea groups is 1. The van der Waals surface area contributed by atoms with Crippen LogP contribution in [0, 0.1) is 11.7 Å². The predicted molar refractivity (Wildman–Crippen MR) is 167 cm³/mol. The molecule has 3 amide bonds. The number of carbonyl (C=O) groups excluding carboxylic acids is 2. The molecular formula is C32H32FN5O5S. The molecule has 4 rings (SSSR count). The van der Waals surface area contributed by atoms with Crippen LogP contribution in [0.15, 0.2) is 107 Å². The average Bonchev–Trinajstić information content (AvgIpc) is 2.98. The first-order valence-corrected chi connectivity index (χ1v) is 15.1. The van der Waals surface area contributed by atoms with Gasteiger partial charge in [-0.15, -0.1) is 0 Å². The molecule has 0 bridgehead atoms. The molecule has 44 heavy (non-hydrogen) atoms. The summed E-state index contributed by atoms with van der Waals surface area (Å²) in [6, 6.07) is 24.7. The maximum absolute atomic E-state index is 13.3. The minimum Gasteiger partial charge on any atom is -0.409 e. The lowest BCUT2D eigenvalue weighted by atomic mass is 10.1. The summed E-state index contributed by atoms with van der Waals surface area (Å²) in [7, 11) is -3.92. The summed E-state index contributed by atoms with van der Waals surface area (Å²) in [6.07, 6.45) is -0.959. The summed E-state index contributed by atoms with van der Waals surface area (Å²) in [5.41, 5.74) is 8.87. The van der Waals surface area contributed by atoms with Gasteiger partial charge in [0.05, 0.1) is 4.90 Å². The Morgan fingerprint density at radius 2 is 1.64 bits per heavy atom. The van der Waals surface area contributed by atoms with Gasteiger partial charge in [0.25, 0.3) is 0 Å². The lowest BCUT2D eigenvalue weighted by Crippen LogP contribution is -2.37. The van der Waals surface area contributed by atoms with Gasteiger partial charge < -0.3 is 20.7 Å². The quantitative estimate of drug-likeness (QED) is 0.161. The highest BCUT2D eigenvalue weighted by molar-refractivity contribution is 7.89. The fourth-order valence-corrected chi connectivity index (χ4v) is 5.15. The molecule has 0 spiro atoms. The molecule has 0 saturated carbocycles. The SMILES string of the molecule is CC(C)CN(Cc1cccc(C(N)=NC(=O)Oc2ccc(F)cc2)c1)C(=O)Nc1ccc(-c2ccccc2S(N)(=O)=O)cc1. The highest BCUT2D eigenvalue weighted by Gasteiger charge is 2.18. The van der Waals surface area contributed by atoms with E-state index in [1.807, 2.05) is 19.9 Å². The Labute approximate surface area is 255 Å². The topological polar surface area (TPSA) is 157 Å². The van der Waals surface area contributed by atoms with Crippen molar-refractivity contribution in [1.29, 1.82) is 0 Å². The van der Waals surface area contributed by atoms with E-state index < -0.39 is 21.9 Å². The van der Waals surface area contributed by atoms with Crippen LogP contribution in [-0.2, 0) is 16.6 Å². The summed E-state index contributed by atoms with van der Waals surface area (Å²) in [4.78, 5) is 31.0. The van der Waals surface area contributed by atoms with Crippen molar-refractivity contribution in [2.45, 2.75) is 25.3 Å². The van der Waals surface area contributed by atoms with Crippen LogP contribution in [0.2, 0.25) is 0 Å². The number of primary sulfonamides is 1. The van der Waals surface area contributed by atoms with Crippen LogP contribution in [-0.4, -0.2) is 37.8 Å². The third kappa shape index (κ3) is 8.72. The van der Waals surface area contributed by atoms with Gasteiger partial charge in [-0.2, -0.15) is 4.99 Å². The number of amidine groups is 1. The summed E-state index contributed by atoms with van der Waals surface area (Å²) in [5, 5.41) is 8.26. The van der Waals surface area contributed by atoms with Crippen molar-refractivity contribution < 1.29 is 27.1 Å². The number of ether oxygens (including phenoxy) is 1. The van der Waals surface area contributed by atoms with Crippen LogP contribution < -0.4 is 20.9 Å². The molecule has 0 fully saturated rings. The lowest BCUT2D eigenvalue weighted by molar-refractivity contribution is 0.201. The number of benzene rings is 4. The molecule has 0 aromatic heterocycles. The number of nitrogens with two attached hydrogens (primary N) is 2. The van der Waals surface area contributed by atoms with E-state index in [1.165, 1.54) is 18.2 Å². The molecule has 0 unspecified atom stereocenters. The van der Waals surface area contributed by atoms with E-state index in [4.69, 9.17) is 15.6 Å². The standard InChI is InChI=1S/C32H32FN5O5S/c1-21(2)19-38(31(39)36-26-14-10-23(11-15-26)28-8-3-4-9-29(28)44(35,41)42)20-22-6-5-7-24(18-22)30(34)37-32(40)43-27-16-12-25(33)13-17-27/h3-18,21H,19-20H2,1-2H3,(H,36,39)(H2,34,37,40)(H2,35,41,42). The third-order valence-corrected chi connectivity index (χ3v) is 7.31. The molecule has 0 radical (unpaired) electrons. The van der Waals surface area contributed by atoms with Crippen LogP contribution in [0.1, 0.15) is 25.0 Å². The Hall–Kier alpha value is -5.07. The van der Waals surface area contributed by atoms with Gasteiger partial charge in [0.2, 0.25) is 10.0 Å². The van der Waals surface area contributed by atoms with E-state index in [2.05, 4.69) is 10.3 Å². The van der Waals surface area contributed by atoms with Crippen molar-refractivity contribution in [3.8, 4) is 16.9 Å². The molecule has 0 atom stereocenters. The first-order valence-electron chi connectivity index (χ1n) is 13.6. The maximum atomic E-state index is 13.3. The fourth-order valence-electron chi connectivity index (χ4n) is 4.39. The molecule has 0 saturated heterocycles. The van der Waals surface area contributed by atoms with Crippen molar-refractivity contribution in [2.75, 3.05) is 11.9 Å². The Kier molecular flexibility index (Phi) is 10.1. The number of anilines is 1. The van der Waals surface area contributed by atoms with Gasteiger partial charge in [0, 0.05) is 29.9 Å². The molecule has 4 aromatic rings. The molecule has 10 nitrogen and oxygen atoms in total. The van der Waals surface area contributed by atoms with Crippen LogP contribution in [0.5, 0.6) is 5.75 Å². The Morgan fingerprint density at radius 3 is 2.30 bits per heavy atom. The minimum atomic E-state index is -3.92. The highest BCUT2D eigenvalue weighted by Crippen LogP contribution is 2.27. The van der Waals surface area contributed by atoms with Crippen LogP contribution in [0.25, 0.3) is 11.1 Å². The maximum Gasteiger partial charge on any atom is 0.441 e. The third-order valence-electron chi connectivity index (χ3n) is 6.34. The molecular weight excluding hydrogens is 585 g/mol. The monoisotopic (exact) mass is 617 g/mol. The number of amides is 3. The van der Waals surface area contributed by atoms with Gasteiger partial charge in [0.15, 0.2) is 0 Å². The molecule has 228 valence electrons. The van der Waals surface area contributed by atoms with Gasteiger partial charge in [-0.25, -0.2) is 27.5 Å². The number of nitrogens with zero attached hydrogens (tertiary/aromatic N) is 2. The van der Waals surface area contributed by atoms with E-state index in [0.29, 0.717) is 28.9 Å². The van der Waals surface area contributed by atoms with E-state index in [0.717, 1.165) is 17.7 Å². The Balaban J connectivity index is 1.46. The predicted octanol–water partition coefficient (Wildman–Crippen LogP) is 5.73. The first kappa shape index (κ1) is 31.9. The highest BCUT2D eigenvalue weighted by atomic mass is 32.2. The molecule has 0 aliphatic heterocycles. The average molecular weight is 618 g/mol. The second kappa shape index (κ2) is 13.9. The number of hydrogen-bond donors (Lipinski definition) is 3. The minimum absolute atomic E-state index is 0.0116. The van der Waals surface area contributed by atoms with Gasteiger partial charge in [-0.05, 0) is 65.6 Å². The van der Waals surface area contributed by atoms with Crippen molar-refractivity contribution in [3.63, 3.8) is 0 Å². The number of rotatable bonds is 9. The Bertz CT molecular complexity index is 1780. The number of halogens is 1. The molecule has 0 aliphatic carbocycles. The van der Waals surface area contributed by atoms with Crippen LogP contribution >= 0.6 is 0 Å². The summed E-state index contributed by atoms with van der Waals surface area (Å²) in [6.45, 7) is 4.67. The lowest BCUT2D eigenvalue weighted by Gasteiger charge is -2.25. The molecule has 12 heteroatoms. The molecule has 0 heterocycles. The summed E-state index contributed by atoms with van der Waals surface area (Å²) in [5.74, 6) is -0.261. The number of carbonyl (C=O) groups is 2. The zero-order valence-electron chi connectivity index (χ0n) is 24.1. The van der Waals surface area contributed by atoms with Crippen LogP contribution in [0.3, 0.4) is 0 Å². The molecule has 4 aromatic carbocycles.